The SMILES string of the molecule is C=C(OC(C)(C)C)N1Cc2c(C#N)c(-c3ccc(F)c(Cl)c3)nn2C(C)C1. The molecule has 0 N–H and O–H groups in total. The second-order valence-electron chi connectivity index (χ2n) is 7.69. The molecule has 1 aliphatic rings. The number of benzene rings is 1. The minimum absolute atomic E-state index is 0.00370. The summed E-state index contributed by atoms with van der Waals surface area (Å²) in [5.41, 5.74) is 2.00. The zero-order valence-corrected chi connectivity index (χ0v) is 16.6. The zero-order chi connectivity index (χ0) is 19.9. The number of nitrogens with zero attached hydrogens (tertiary/aromatic N) is 4. The largest absolute Gasteiger partial charge is 0.474 e. The maximum absolute atomic E-state index is 13.5. The van der Waals surface area contributed by atoms with Gasteiger partial charge in [-0.1, -0.05) is 11.6 Å². The molecule has 27 heavy (non-hydrogen) atoms. The van der Waals surface area contributed by atoms with Gasteiger partial charge in [0.05, 0.1) is 23.3 Å². The fourth-order valence-electron chi connectivity index (χ4n) is 3.20. The van der Waals surface area contributed by atoms with Crippen molar-refractivity contribution in [3.63, 3.8) is 0 Å². The normalized spacial score (nSPS) is 16.6. The number of rotatable bonds is 3. The van der Waals surface area contributed by atoms with Crippen LogP contribution in [0.4, 0.5) is 4.39 Å². The Kier molecular flexibility index (Phi) is 4.92. The van der Waals surface area contributed by atoms with Gasteiger partial charge in [0.2, 0.25) is 0 Å². The molecule has 1 aliphatic heterocycles. The molecule has 3 rings (SSSR count). The molecule has 2 heterocycles. The monoisotopic (exact) mass is 388 g/mol. The van der Waals surface area contributed by atoms with Crippen LogP contribution in [0, 0.1) is 17.1 Å². The molecular formula is C20H22ClFN4O. The number of aromatic nitrogens is 2. The maximum atomic E-state index is 13.5. The van der Waals surface area contributed by atoms with Crippen molar-refractivity contribution in [1.29, 1.82) is 5.26 Å². The maximum Gasteiger partial charge on any atom is 0.182 e. The first-order valence-electron chi connectivity index (χ1n) is 8.70. The van der Waals surface area contributed by atoms with Crippen molar-refractivity contribution in [2.24, 2.45) is 0 Å². The zero-order valence-electron chi connectivity index (χ0n) is 15.9. The summed E-state index contributed by atoms with van der Waals surface area (Å²) in [4.78, 5) is 2.01. The highest BCUT2D eigenvalue weighted by Gasteiger charge is 2.31. The topological polar surface area (TPSA) is 54.1 Å². The Morgan fingerprint density at radius 2 is 2.15 bits per heavy atom. The Bertz CT molecular complexity index is 939. The van der Waals surface area contributed by atoms with E-state index < -0.39 is 5.82 Å². The van der Waals surface area contributed by atoms with Gasteiger partial charge in [0.1, 0.15) is 28.7 Å². The van der Waals surface area contributed by atoms with E-state index >= 15 is 0 Å². The van der Waals surface area contributed by atoms with Crippen molar-refractivity contribution in [2.45, 2.75) is 45.9 Å². The summed E-state index contributed by atoms with van der Waals surface area (Å²) in [6.07, 6.45) is 0. The molecule has 0 fully saturated rings. The van der Waals surface area contributed by atoms with Gasteiger partial charge in [0.15, 0.2) is 5.88 Å². The van der Waals surface area contributed by atoms with Crippen LogP contribution in [0.1, 0.15) is 45.0 Å². The van der Waals surface area contributed by atoms with E-state index in [-0.39, 0.29) is 16.7 Å². The van der Waals surface area contributed by atoms with Gasteiger partial charge in [-0.25, -0.2) is 4.39 Å². The molecule has 1 unspecified atom stereocenters. The van der Waals surface area contributed by atoms with Crippen molar-refractivity contribution in [2.75, 3.05) is 6.54 Å². The molecule has 0 radical (unpaired) electrons. The van der Waals surface area contributed by atoms with Gasteiger partial charge in [-0.05, 0) is 52.5 Å². The van der Waals surface area contributed by atoms with Crippen molar-refractivity contribution >= 4 is 11.6 Å². The molecule has 5 nitrogen and oxygen atoms in total. The number of nitriles is 1. The molecule has 1 aromatic heterocycles. The standard InChI is InChI=1S/C20H22ClFN4O/c1-12-10-25(13(2)27-20(3,4)5)11-18-15(9-23)19(24-26(12)18)14-6-7-17(22)16(21)8-14/h6-8,12H,2,10-11H2,1,3-5H3. The lowest BCUT2D eigenvalue weighted by atomic mass is 10.1. The van der Waals surface area contributed by atoms with E-state index in [2.05, 4.69) is 17.7 Å². The molecule has 0 bridgehead atoms. The summed E-state index contributed by atoms with van der Waals surface area (Å²) in [5, 5.41) is 14.4. The van der Waals surface area contributed by atoms with Crippen molar-refractivity contribution in [3.8, 4) is 17.3 Å². The van der Waals surface area contributed by atoms with Gasteiger partial charge in [-0.15, -0.1) is 0 Å². The summed E-state index contributed by atoms with van der Waals surface area (Å²) in [5.74, 6) is 0.0649. The highest BCUT2D eigenvalue weighted by atomic mass is 35.5. The Balaban J connectivity index is 2.00. The van der Waals surface area contributed by atoms with Crippen LogP contribution in [-0.4, -0.2) is 26.8 Å². The molecule has 2 aromatic rings. The van der Waals surface area contributed by atoms with Crippen LogP contribution in [0.5, 0.6) is 0 Å². The van der Waals surface area contributed by atoms with E-state index in [1.165, 1.54) is 12.1 Å². The Morgan fingerprint density at radius 3 is 2.74 bits per heavy atom. The summed E-state index contributed by atoms with van der Waals surface area (Å²) >= 11 is 5.91. The van der Waals surface area contributed by atoms with E-state index in [1.807, 2.05) is 37.3 Å². The van der Waals surface area contributed by atoms with Crippen LogP contribution in [0.2, 0.25) is 5.02 Å². The fourth-order valence-corrected chi connectivity index (χ4v) is 3.38. The molecule has 1 aromatic carbocycles. The van der Waals surface area contributed by atoms with E-state index in [1.54, 1.807) is 6.07 Å². The quantitative estimate of drug-likeness (QED) is 0.703. The lowest BCUT2D eigenvalue weighted by molar-refractivity contribution is -0.00782. The lowest BCUT2D eigenvalue weighted by Crippen LogP contribution is -2.38. The second-order valence-corrected chi connectivity index (χ2v) is 8.10. The van der Waals surface area contributed by atoms with E-state index in [4.69, 9.17) is 16.3 Å². The predicted octanol–water partition coefficient (Wildman–Crippen LogP) is 4.88. The number of hydrogen-bond acceptors (Lipinski definition) is 4. The van der Waals surface area contributed by atoms with Crippen LogP contribution in [0.15, 0.2) is 30.7 Å². The van der Waals surface area contributed by atoms with Gasteiger partial charge < -0.3 is 9.64 Å². The van der Waals surface area contributed by atoms with Crippen LogP contribution in [0.25, 0.3) is 11.3 Å². The van der Waals surface area contributed by atoms with Crippen molar-refractivity contribution in [3.05, 3.63) is 52.8 Å². The summed E-state index contributed by atoms with van der Waals surface area (Å²) < 4.78 is 21.3. The first-order valence-corrected chi connectivity index (χ1v) is 9.08. The highest BCUT2D eigenvalue weighted by Crippen LogP contribution is 2.34. The molecule has 1 atom stereocenters. The highest BCUT2D eigenvalue weighted by molar-refractivity contribution is 6.31. The Morgan fingerprint density at radius 1 is 1.44 bits per heavy atom. The fraction of sp³-hybridized carbons (Fsp3) is 0.400. The van der Waals surface area contributed by atoms with Crippen molar-refractivity contribution in [1.82, 2.24) is 14.7 Å². The third-order valence-corrected chi connectivity index (χ3v) is 4.62. The summed E-state index contributed by atoms with van der Waals surface area (Å²) in [7, 11) is 0. The summed E-state index contributed by atoms with van der Waals surface area (Å²) in [6.45, 7) is 13.1. The average molecular weight is 389 g/mol. The molecule has 7 heteroatoms. The van der Waals surface area contributed by atoms with Gasteiger partial charge >= 0.3 is 0 Å². The lowest BCUT2D eigenvalue weighted by Gasteiger charge is -2.36. The molecule has 0 saturated carbocycles. The number of fused-ring (bicyclic) bond motifs is 1. The first kappa shape index (κ1) is 19.2. The van der Waals surface area contributed by atoms with Crippen LogP contribution in [-0.2, 0) is 11.3 Å². The van der Waals surface area contributed by atoms with Gasteiger partial charge in [0, 0.05) is 12.1 Å². The Labute approximate surface area is 163 Å². The number of ether oxygens (including phenoxy) is 1. The van der Waals surface area contributed by atoms with Crippen LogP contribution >= 0.6 is 11.6 Å². The van der Waals surface area contributed by atoms with Crippen molar-refractivity contribution < 1.29 is 9.13 Å². The van der Waals surface area contributed by atoms with Gasteiger partial charge in [0.25, 0.3) is 0 Å². The molecular weight excluding hydrogens is 367 g/mol. The van der Waals surface area contributed by atoms with E-state index in [9.17, 15) is 9.65 Å². The molecule has 0 spiro atoms. The first-order chi connectivity index (χ1) is 12.6. The minimum atomic E-state index is -0.502. The van der Waals surface area contributed by atoms with Gasteiger partial charge in [-0.3, -0.25) is 4.68 Å². The molecule has 0 aliphatic carbocycles. The minimum Gasteiger partial charge on any atom is -0.474 e. The van der Waals surface area contributed by atoms with Gasteiger partial charge in [-0.2, -0.15) is 10.4 Å². The smallest absolute Gasteiger partial charge is 0.182 e. The van der Waals surface area contributed by atoms with Crippen LogP contribution < -0.4 is 0 Å². The molecule has 0 amide bonds. The Hall–Kier alpha value is -2.52. The van der Waals surface area contributed by atoms with E-state index in [0.717, 1.165) is 5.69 Å². The number of hydrogen-bond donors (Lipinski definition) is 0. The predicted molar refractivity (Wildman–Crippen MR) is 102 cm³/mol. The second kappa shape index (κ2) is 6.90. The molecule has 142 valence electrons. The molecule has 0 saturated heterocycles. The summed E-state index contributed by atoms with van der Waals surface area (Å²) in [6, 6.07) is 6.63. The van der Waals surface area contributed by atoms with Crippen LogP contribution in [0.3, 0.4) is 0 Å². The third-order valence-electron chi connectivity index (χ3n) is 4.33. The number of halogens is 2. The average Bonchev–Trinajstić information content (AvgIpc) is 2.95. The third kappa shape index (κ3) is 3.79. The van der Waals surface area contributed by atoms with E-state index in [0.29, 0.717) is 35.8 Å².